The molecule has 0 unspecified atom stereocenters. The van der Waals surface area contributed by atoms with Crippen molar-refractivity contribution in [1.82, 2.24) is 20.3 Å². The fraction of sp³-hybridized carbons (Fsp3) is 0.412. The van der Waals surface area contributed by atoms with Crippen molar-refractivity contribution in [2.24, 2.45) is 0 Å². The Morgan fingerprint density at radius 1 is 1.28 bits per heavy atom. The second-order valence-electron chi connectivity index (χ2n) is 5.85. The maximum Gasteiger partial charge on any atom is 0.387 e. The molecule has 0 saturated carbocycles. The number of aromatic nitrogens is 3. The zero-order chi connectivity index (χ0) is 20.6. The fourth-order valence-electron chi connectivity index (χ4n) is 2.55. The van der Waals surface area contributed by atoms with E-state index in [9.17, 15) is 13.6 Å². The Hall–Kier alpha value is -3.28. The van der Waals surface area contributed by atoms with Crippen LogP contribution < -0.4 is 25.0 Å². The molecule has 2 aromatic rings. The molecule has 1 aliphatic rings. The molecule has 12 heteroatoms. The van der Waals surface area contributed by atoms with Crippen molar-refractivity contribution in [2.75, 3.05) is 43.6 Å². The van der Waals surface area contributed by atoms with Crippen LogP contribution in [0, 0.1) is 0 Å². The molecule has 1 aromatic heterocycles. The lowest BCUT2D eigenvalue weighted by molar-refractivity contribution is -0.0498. The molecule has 3 rings (SSSR count). The number of alkyl halides is 2. The summed E-state index contributed by atoms with van der Waals surface area (Å²) in [6.45, 7) is -0.528. The third-order valence-corrected chi connectivity index (χ3v) is 3.85. The third kappa shape index (κ3) is 6.10. The van der Waals surface area contributed by atoms with E-state index in [1.54, 1.807) is 6.07 Å². The van der Waals surface area contributed by atoms with Gasteiger partial charge in [-0.15, -0.1) is 0 Å². The van der Waals surface area contributed by atoms with E-state index in [0.29, 0.717) is 43.8 Å². The van der Waals surface area contributed by atoms with E-state index in [1.807, 2.05) is 4.90 Å². The van der Waals surface area contributed by atoms with Crippen LogP contribution >= 0.6 is 0 Å². The molecule has 1 aliphatic heterocycles. The van der Waals surface area contributed by atoms with Crippen molar-refractivity contribution >= 4 is 17.7 Å². The van der Waals surface area contributed by atoms with E-state index in [2.05, 4.69) is 30.3 Å². The Balaban J connectivity index is 1.61. The molecule has 156 valence electrons. The highest BCUT2D eigenvalue weighted by atomic mass is 19.3. The molecule has 2 N–H and O–H groups in total. The average Bonchev–Trinajstić information content (AvgIpc) is 2.72. The Morgan fingerprint density at radius 3 is 2.79 bits per heavy atom. The van der Waals surface area contributed by atoms with Crippen LogP contribution in [-0.4, -0.2) is 61.0 Å². The molecule has 1 aromatic carbocycles. The zero-order valence-electron chi connectivity index (χ0n) is 15.6. The summed E-state index contributed by atoms with van der Waals surface area (Å²) in [5, 5.41) is 5.13. The van der Waals surface area contributed by atoms with E-state index in [4.69, 9.17) is 9.47 Å². The van der Waals surface area contributed by atoms with Gasteiger partial charge >= 0.3 is 18.7 Å². The Labute approximate surface area is 165 Å². The molecule has 0 spiro atoms. The van der Waals surface area contributed by atoms with E-state index in [-0.39, 0.29) is 18.3 Å². The van der Waals surface area contributed by atoms with Crippen LogP contribution in [0.15, 0.2) is 24.3 Å². The molecular formula is C17H20F2N6O4. The average molecular weight is 410 g/mol. The number of carbonyl (C=O) groups is 1. The minimum Gasteiger partial charge on any atom is -0.467 e. The monoisotopic (exact) mass is 410 g/mol. The van der Waals surface area contributed by atoms with Crippen molar-refractivity contribution < 1.29 is 27.8 Å². The lowest BCUT2D eigenvalue weighted by Crippen LogP contribution is -2.38. The SMILES string of the molecule is COc1nc(CNC(=O)Nc2cccc(OC(F)F)c2)nc(N2CCOCC2)n1. The summed E-state index contributed by atoms with van der Waals surface area (Å²) in [7, 11) is 1.44. The molecule has 0 aliphatic carbocycles. The third-order valence-electron chi connectivity index (χ3n) is 3.85. The highest BCUT2D eigenvalue weighted by Crippen LogP contribution is 2.19. The highest BCUT2D eigenvalue weighted by Gasteiger charge is 2.17. The molecule has 0 radical (unpaired) electrons. The predicted molar refractivity (Wildman–Crippen MR) is 98.3 cm³/mol. The van der Waals surface area contributed by atoms with Crippen molar-refractivity contribution in [1.29, 1.82) is 0 Å². The van der Waals surface area contributed by atoms with Crippen LogP contribution in [0.3, 0.4) is 0 Å². The number of morpholine rings is 1. The second-order valence-corrected chi connectivity index (χ2v) is 5.85. The number of rotatable bonds is 7. The van der Waals surface area contributed by atoms with Crippen molar-refractivity contribution in [3.8, 4) is 11.8 Å². The first-order valence-corrected chi connectivity index (χ1v) is 8.75. The van der Waals surface area contributed by atoms with Gasteiger partial charge in [0, 0.05) is 24.8 Å². The van der Waals surface area contributed by atoms with Gasteiger partial charge in [-0.3, -0.25) is 0 Å². The van der Waals surface area contributed by atoms with Gasteiger partial charge in [0.25, 0.3) is 0 Å². The van der Waals surface area contributed by atoms with E-state index < -0.39 is 12.6 Å². The number of amides is 2. The Bertz CT molecular complexity index is 835. The summed E-state index contributed by atoms with van der Waals surface area (Å²) >= 11 is 0. The summed E-state index contributed by atoms with van der Waals surface area (Å²) in [6, 6.07) is 5.24. The number of urea groups is 1. The normalized spacial score (nSPS) is 13.9. The van der Waals surface area contributed by atoms with Gasteiger partial charge in [0.2, 0.25) is 5.95 Å². The molecule has 0 bridgehead atoms. The molecular weight excluding hydrogens is 390 g/mol. The van der Waals surface area contributed by atoms with Crippen molar-refractivity contribution in [3.63, 3.8) is 0 Å². The van der Waals surface area contributed by atoms with Crippen LogP contribution in [0.1, 0.15) is 5.82 Å². The number of halogens is 2. The van der Waals surface area contributed by atoms with E-state index in [1.165, 1.54) is 25.3 Å². The summed E-state index contributed by atoms with van der Waals surface area (Å²) in [4.78, 5) is 26.8. The number of hydrogen-bond donors (Lipinski definition) is 2. The molecule has 2 heterocycles. The van der Waals surface area contributed by atoms with Crippen LogP contribution in [0.2, 0.25) is 0 Å². The first-order valence-electron chi connectivity index (χ1n) is 8.75. The smallest absolute Gasteiger partial charge is 0.387 e. The minimum atomic E-state index is -2.95. The van der Waals surface area contributed by atoms with E-state index >= 15 is 0 Å². The summed E-state index contributed by atoms with van der Waals surface area (Å²) in [5.41, 5.74) is 0.294. The predicted octanol–water partition coefficient (Wildman–Crippen LogP) is 1.64. The second kappa shape index (κ2) is 9.78. The minimum absolute atomic E-state index is 0.00920. The van der Waals surface area contributed by atoms with Gasteiger partial charge in [-0.05, 0) is 12.1 Å². The largest absolute Gasteiger partial charge is 0.467 e. The van der Waals surface area contributed by atoms with Crippen molar-refractivity contribution in [2.45, 2.75) is 13.2 Å². The standard InChI is InChI=1S/C17H20F2N6O4/c1-27-17-23-13(22-15(24-17)25-5-7-28-8-6-25)10-20-16(26)21-11-3-2-4-12(9-11)29-14(18)19/h2-4,9,14H,5-8,10H2,1H3,(H2,20,21,26). The summed E-state index contributed by atoms with van der Waals surface area (Å²) in [6.07, 6.45) is 0. The number of ether oxygens (including phenoxy) is 3. The van der Waals surface area contributed by atoms with Gasteiger partial charge in [0.05, 0.1) is 26.9 Å². The summed E-state index contributed by atoms with van der Waals surface area (Å²) in [5.74, 6) is 0.688. The van der Waals surface area contributed by atoms with E-state index in [0.717, 1.165) is 0 Å². The first kappa shape index (κ1) is 20.5. The molecule has 0 atom stereocenters. The number of hydrogen-bond acceptors (Lipinski definition) is 8. The van der Waals surface area contributed by atoms with Gasteiger partial charge in [-0.2, -0.15) is 23.7 Å². The highest BCUT2D eigenvalue weighted by molar-refractivity contribution is 5.89. The molecule has 1 fully saturated rings. The number of benzene rings is 1. The topological polar surface area (TPSA) is 111 Å². The molecule has 2 amide bonds. The number of nitrogens with zero attached hydrogens (tertiary/aromatic N) is 4. The number of anilines is 2. The van der Waals surface area contributed by atoms with Gasteiger partial charge < -0.3 is 29.7 Å². The zero-order valence-corrected chi connectivity index (χ0v) is 15.6. The maximum atomic E-state index is 12.3. The lowest BCUT2D eigenvalue weighted by Gasteiger charge is -2.26. The van der Waals surface area contributed by atoms with Crippen LogP contribution in [-0.2, 0) is 11.3 Å². The number of nitrogens with one attached hydrogen (secondary N) is 2. The first-order chi connectivity index (χ1) is 14.0. The number of carbonyl (C=O) groups excluding carboxylic acids is 1. The van der Waals surface area contributed by atoms with Gasteiger partial charge in [-0.1, -0.05) is 6.07 Å². The van der Waals surface area contributed by atoms with Gasteiger partial charge in [0.1, 0.15) is 5.75 Å². The summed E-state index contributed by atoms with van der Waals surface area (Å²) < 4.78 is 39.3. The van der Waals surface area contributed by atoms with Crippen molar-refractivity contribution in [3.05, 3.63) is 30.1 Å². The lowest BCUT2D eigenvalue weighted by atomic mass is 10.3. The number of methoxy groups -OCH3 is 1. The quantitative estimate of drug-likeness (QED) is 0.709. The fourth-order valence-corrected chi connectivity index (χ4v) is 2.55. The molecule has 29 heavy (non-hydrogen) atoms. The van der Waals surface area contributed by atoms with Crippen LogP contribution in [0.5, 0.6) is 11.8 Å². The van der Waals surface area contributed by atoms with Gasteiger partial charge in [-0.25, -0.2) is 4.79 Å². The van der Waals surface area contributed by atoms with Crippen LogP contribution in [0.4, 0.5) is 25.2 Å². The molecule has 1 saturated heterocycles. The Kier molecular flexibility index (Phi) is 6.89. The van der Waals surface area contributed by atoms with Gasteiger partial charge in [0.15, 0.2) is 5.82 Å². The van der Waals surface area contributed by atoms with Crippen LogP contribution in [0.25, 0.3) is 0 Å². The molecule has 10 nitrogen and oxygen atoms in total. The Morgan fingerprint density at radius 2 is 2.07 bits per heavy atom. The maximum absolute atomic E-state index is 12.3.